The molecule has 3 aromatic rings. The Morgan fingerprint density at radius 1 is 0.885 bits per heavy atom. The fraction of sp³-hybridized carbons (Fsp3) is 0.263. The van der Waals surface area contributed by atoms with E-state index in [-0.39, 0.29) is 0 Å². The third-order valence-corrected chi connectivity index (χ3v) is 3.90. The second kappa shape index (κ2) is 7.77. The summed E-state index contributed by atoms with van der Waals surface area (Å²) >= 11 is 0. The minimum atomic E-state index is 0.350. The zero-order chi connectivity index (χ0) is 18.5. The summed E-state index contributed by atoms with van der Waals surface area (Å²) in [5, 5.41) is 11.5. The van der Waals surface area contributed by atoms with Gasteiger partial charge in [0.25, 0.3) is 5.89 Å². The van der Waals surface area contributed by atoms with Crippen LogP contribution in [0.3, 0.4) is 0 Å². The van der Waals surface area contributed by atoms with Crippen molar-refractivity contribution in [2.45, 2.75) is 13.5 Å². The van der Waals surface area contributed by atoms with E-state index in [1.54, 1.807) is 33.5 Å². The highest BCUT2D eigenvalue weighted by atomic mass is 16.5. The fourth-order valence-corrected chi connectivity index (χ4v) is 2.55. The predicted octanol–water partition coefficient (Wildman–Crippen LogP) is 3.68. The third-order valence-electron chi connectivity index (χ3n) is 3.90. The van der Waals surface area contributed by atoms with Gasteiger partial charge in [-0.1, -0.05) is 17.7 Å². The monoisotopic (exact) mass is 355 g/mol. The van der Waals surface area contributed by atoms with Crippen LogP contribution in [0.5, 0.6) is 17.2 Å². The van der Waals surface area contributed by atoms with Gasteiger partial charge in [-0.3, -0.25) is 0 Å². The molecule has 1 N–H and O–H groups in total. The number of hydrogen-bond acceptors (Lipinski definition) is 7. The molecule has 0 amide bonds. The number of nitrogens with one attached hydrogen (secondary N) is 1. The van der Waals surface area contributed by atoms with Crippen LogP contribution >= 0.6 is 0 Å². The first-order valence-corrected chi connectivity index (χ1v) is 8.08. The first-order valence-electron chi connectivity index (χ1n) is 8.08. The molecule has 0 unspecified atom stereocenters. The Kier molecular flexibility index (Phi) is 5.26. The highest BCUT2D eigenvalue weighted by Crippen LogP contribution is 2.43. The van der Waals surface area contributed by atoms with Crippen LogP contribution in [-0.4, -0.2) is 31.5 Å². The first kappa shape index (κ1) is 17.6. The van der Waals surface area contributed by atoms with Gasteiger partial charge in [-0.05, 0) is 31.2 Å². The molecular formula is C19H21N3O4. The second-order valence-corrected chi connectivity index (χ2v) is 5.60. The smallest absolute Gasteiger partial charge is 0.251 e. The average Bonchev–Trinajstić information content (AvgIpc) is 3.15. The number of aryl methyl sites for hydroxylation is 1. The molecule has 0 atom stereocenters. The quantitative estimate of drug-likeness (QED) is 0.692. The SMILES string of the molecule is COc1ccc(-c2nnc(CNc3ccc(C)cc3)o2)c(OC)c1OC. The summed E-state index contributed by atoms with van der Waals surface area (Å²) in [6.07, 6.45) is 0. The topological polar surface area (TPSA) is 78.6 Å². The number of anilines is 1. The molecule has 0 radical (unpaired) electrons. The molecule has 1 heterocycles. The van der Waals surface area contributed by atoms with Crippen LogP contribution in [0.4, 0.5) is 5.69 Å². The molecule has 1 aromatic heterocycles. The molecule has 0 aliphatic heterocycles. The number of methoxy groups -OCH3 is 3. The molecular weight excluding hydrogens is 334 g/mol. The number of hydrogen-bond donors (Lipinski definition) is 1. The van der Waals surface area contributed by atoms with Gasteiger partial charge in [-0.2, -0.15) is 0 Å². The zero-order valence-electron chi connectivity index (χ0n) is 15.2. The Bertz CT molecular complexity index is 875. The van der Waals surface area contributed by atoms with Gasteiger partial charge in [-0.25, -0.2) is 0 Å². The van der Waals surface area contributed by atoms with Crippen LogP contribution in [-0.2, 0) is 6.54 Å². The van der Waals surface area contributed by atoms with E-state index in [0.29, 0.717) is 41.1 Å². The van der Waals surface area contributed by atoms with E-state index in [2.05, 4.69) is 15.5 Å². The molecule has 0 aliphatic carbocycles. The number of aromatic nitrogens is 2. The molecule has 3 rings (SSSR count). The Balaban J connectivity index is 1.82. The Morgan fingerprint density at radius 3 is 2.27 bits per heavy atom. The highest BCUT2D eigenvalue weighted by molar-refractivity contribution is 5.71. The molecule has 0 saturated heterocycles. The highest BCUT2D eigenvalue weighted by Gasteiger charge is 2.20. The van der Waals surface area contributed by atoms with Gasteiger partial charge in [0.15, 0.2) is 11.5 Å². The van der Waals surface area contributed by atoms with E-state index in [4.69, 9.17) is 18.6 Å². The molecule has 2 aromatic carbocycles. The van der Waals surface area contributed by atoms with Gasteiger partial charge in [-0.15, -0.1) is 10.2 Å². The van der Waals surface area contributed by atoms with Gasteiger partial charge < -0.3 is 23.9 Å². The Morgan fingerprint density at radius 2 is 1.62 bits per heavy atom. The maximum Gasteiger partial charge on any atom is 0.251 e. The van der Waals surface area contributed by atoms with E-state index < -0.39 is 0 Å². The summed E-state index contributed by atoms with van der Waals surface area (Å²) in [6, 6.07) is 11.6. The summed E-state index contributed by atoms with van der Waals surface area (Å²) in [7, 11) is 4.67. The minimum Gasteiger partial charge on any atom is -0.493 e. The van der Waals surface area contributed by atoms with Crippen LogP contribution in [0.25, 0.3) is 11.5 Å². The molecule has 0 aliphatic rings. The van der Waals surface area contributed by atoms with Gasteiger partial charge >= 0.3 is 0 Å². The number of ether oxygens (including phenoxy) is 3. The Labute approximate surface area is 151 Å². The van der Waals surface area contributed by atoms with Crippen LogP contribution < -0.4 is 19.5 Å². The lowest BCUT2D eigenvalue weighted by Gasteiger charge is -2.13. The molecule has 0 fully saturated rings. The normalized spacial score (nSPS) is 10.5. The van der Waals surface area contributed by atoms with E-state index in [1.165, 1.54) is 5.56 Å². The van der Waals surface area contributed by atoms with Crippen molar-refractivity contribution in [1.29, 1.82) is 0 Å². The summed E-state index contributed by atoms with van der Waals surface area (Å²) in [5.74, 6) is 2.34. The number of rotatable bonds is 7. The van der Waals surface area contributed by atoms with Crippen molar-refractivity contribution in [3.63, 3.8) is 0 Å². The third kappa shape index (κ3) is 3.56. The maximum absolute atomic E-state index is 5.77. The summed E-state index contributed by atoms with van der Waals surface area (Å²) in [5.41, 5.74) is 2.83. The lowest BCUT2D eigenvalue weighted by molar-refractivity contribution is 0.324. The van der Waals surface area contributed by atoms with Gasteiger partial charge in [0.2, 0.25) is 11.6 Å². The van der Waals surface area contributed by atoms with E-state index in [9.17, 15) is 0 Å². The maximum atomic E-state index is 5.77. The lowest BCUT2D eigenvalue weighted by Crippen LogP contribution is -1.99. The van der Waals surface area contributed by atoms with Crippen LogP contribution in [0.1, 0.15) is 11.5 Å². The van der Waals surface area contributed by atoms with Crippen molar-refractivity contribution in [3.8, 4) is 28.7 Å². The summed E-state index contributed by atoms with van der Waals surface area (Å²) < 4.78 is 21.9. The molecule has 0 bridgehead atoms. The van der Waals surface area contributed by atoms with E-state index in [1.807, 2.05) is 31.2 Å². The number of benzene rings is 2. The van der Waals surface area contributed by atoms with Crippen molar-refractivity contribution < 1.29 is 18.6 Å². The van der Waals surface area contributed by atoms with Crippen molar-refractivity contribution in [1.82, 2.24) is 10.2 Å². The molecule has 26 heavy (non-hydrogen) atoms. The molecule has 7 nitrogen and oxygen atoms in total. The van der Waals surface area contributed by atoms with Gasteiger partial charge in [0.05, 0.1) is 33.4 Å². The van der Waals surface area contributed by atoms with Crippen molar-refractivity contribution >= 4 is 5.69 Å². The van der Waals surface area contributed by atoms with E-state index in [0.717, 1.165) is 5.69 Å². The minimum absolute atomic E-state index is 0.350. The average molecular weight is 355 g/mol. The molecule has 0 spiro atoms. The van der Waals surface area contributed by atoms with Crippen LogP contribution in [0, 0.1) is 6.92 Å². The molecule has 7 heteroatoms. The van der Waals surface area contributed by atoms with Gasteiger partial charge in [0, 0.05) is 5.69 Å². The molecule has 0 saturated carbocycles. The van der Waals surface area contributed by atoms with Crippen LogP contribution in [0.2, 0.25) is 0 Å². The largest absolute Gasteiger partial charge is 0.493 e. The van der Waals surface area contributed by atoms with Crippen LogP contribution in [0.15, 0.2) is 40.8 Å². The van der Waals surface area contributed by atoms with Gasteiger partial charge in [0.1, 0.15) is 0 Å². The molecule has 136 valence electrons. The van der Waals surface area contributed by atoms with E-state index >= 15 is 0 Å². The van der Waals surface area contributed by atoms with Crippen molar-refractivity contribution in [3.05, 3.63) is 47.9 Å². The first-order chi connectivity index (χ1) is 12.7. The summed E-state index contributed by atoms with van der Waals surface area (Å²) in [4.78, 5) is 0. The second-order valence-electron chi connectivity index (χ2n) is 5.60. The number of nitrogens with zero attached hydrogens (tertiary/aromatic N) is 2. The van der Waals surface area contributed by atoms with Crippen molar-refractivity contribution in [2.75, 3.05) is 26.6 Å². The fourth-order valence-electron chi connectivity index (χ4n) is 2.55. The predicted molar refractivity (Wildman–Crippen MR) is 97.9 cm³/mol. The Hall–Kier alpha value is -3.22. The zero-order valence-corrected chi connectivity index (χ0v) is 15.2. The standard InChI is InChI=1S/C19H21N3O4/c1-12-5-7-13(8-6-12)20-11-16-21-22-19(26-16)14-9-10-15(23-2)18(25-4)17(14)24-3/h5-10,20H,11H2,1-4H3. The lowest BCUT2D eigenvalue weighted by atomic mass is 10.1. The summed E-state index contributed by atoms with van der Waals surface area (Å²) in [6.45, 7) is 2.47. The van der Waals surface area contributed by atoms with Crippen molar-refractivity contribution in [2.24, 2.45) is 0 Å².